The molecule has 0 bridgehead atoms. The van der Waals surface area contributed by atoms with Gasteiger partial charge in [-0.25, -0.2) is 5.53 Å². The molecule has 0 aliphatic carbocycles. The van der Waals surface area contributed by atoms with E-state index in [1.165, 1.54) is 24.3 Å². The summed E-state index contributed by atoms with van der Waals surface area (Å²) in [5, 5.41) is 14.1. The van der Waals surface area contributed by atoms with Crippen molar-refractivity contribution in [1.29, 1.82) is 0 Å². The van der Waals surface area contributed by atoms with Gasteiger partial charge in [0.15, 0.2) is 0 Å². The number of hydrazine groups is 2. The number of benzene rings is 1. The first-order chi connectivity index (χ1) is 14.5. The van der Waals surface area contributed by atoms with Gasteiger partial charge < -0.3 is 10.0 Å². The molecule has 2 atom stereocenters. The van der Waals surface area contributed by atoms with E-state index in [0.29, 0.717) is 19.4 Å². The van der Waals surface area contributed by atoms with E-state index in [-0.39, 0.29) is 17.5 Å². The van der Waals surface area contributed by atoms with Crippen molar-refractivity contribution in [2.24, 2.45) is 5.10 Å². The number of halogens is 2. The van der Waals surface area contributed by atoms with E-state index in [1.54, 1.807) is 17.0 Å². The maximum absolute atomic E-state index is 14.4. The van der Waals surface area contributed by atoms with Crippen LogP contribution in [0.1, 0.15) is 50.5 Å². The molecular weight excluding hydrogens is 392 g/mol. The lowest BCUT2D eigenvalue weighted by atomic mass is 10.0. The smallest absolute Gasteiger partial charge is 0.302 e. The summed E-state index contributed by atoms with van der Waals surface area (Å²) in [7, 11) is 0. The molecule has 2 aliphatic heterocycles. The number of alkyl halides is 2. The van der Waals surface area contributed by atoms with Crippen LogP contribution in [0.25, 0.3) is 0 Å². The second-order valence-electron chi connectivity index (χ2n) is 7.60. The summed E-state index contributed by atoms with van der Waals surface area (Å²) in [5.41, 5.74) is 7.98. The molecule has 1 amide bonds. The van der Waals surface area contributed by atoms with E-state index in [0.717, 1.165) is 44.0 Å². The number of nitrogens with one attached hydrogen (secondary N) is 3. The van der Waals surface area contributed by atoms with Crippen LogP contribution in [0, 0.1) is 0 Å². The molecule has 0 spiro atoms. The summed E-state index contributed by atoms with van der Waals surface area (Å²) in [6, 6.07) is 7.03. The second-order valence-corrected chi connectivity index (χ2v) is 7.60. The Balaban J connectivity index is 1.44. The van der Waals surface area contributed by atoms with Gasteiger partial charge >= 0.3 is 5.92 Å². The van der Waals surface area contributed by atoms with Crippen molar-refractivity contribution >= 4 is 11.7 Å². The highest BCUT2D eigenvalue weighted by Gasteiger charge is 2.39. The van der Waals surface area contributed by atoms with Crippen LogP contribution in [0.4, 0.5) is 8.78 Å². The van der Waals surface area contributed by atoms with Gasteiger partial charge in [-0.2, -0.15) is 8.78 Å². The molecule has 1 aromatic carbocycles. The second kappa shape index (κ2) is 10.5. The zero-order chi connectivity index (χ0) is 21.4. The Bertz CT molecular complexity index is 757. The molecule has 7 nitrogen and oxygen atoms in total. The van der Waals surface area contributed by atoms with Gasteiger partial charge in [0.2, 0.25) is 5.91 Å². The first-order valence-corrected chi connectivity index (χ1v) is 10.4. The number of unbranched alkanes of at least 4 members (excludes halogenated alkanes) is 3. The number of aliphatic hydroxyl groups excluding tert-OH is 1. The topological polar surface area (TPSA) is 89.0 Å². The van der Waals surface area contributed by atoms with Crippen molar-refractivity contribution in [3.63, 3.8) is 0 Å². The maximum atomic E-state index is 14.4. The predicted octanol–water partition coefficient (Wildman–Crippen LogP) is 2.56. The van der Waals surface area contributed by atoms with Gasteiger partial charge in [-0.15, -0.1) is 10.6 Å². The van der Waals surface area contributed by atoms with E-state index in [1.807, 2.05) is 0 Å². The molecule has 164 valence electrons. The predicted molar refractivity (Wildman–Crippen MR) is 110 cm³/mol. The highest BCUT2D eigenvalue weighted by Crippen LogP contribution is 2.32. The Morgan fingerprint density at radius 2 is 2.00 bits per heavy atom. The molecule has 9 heteroatoms. The SMILES string of the molecule is O=C1CCC(C=CC(O)C(F)(F)c2ccccc2)N1CCCCCCC1=NNNN1. The van der Waals surface area contributed by atoms with Gasteiger partial charge in [0.25, 0.3) is 0 Å². The molecule has 0 aromatic heterocycles. The lowest BCUT2D eigenvalue weighted by Crippen LogP contribution is -2.34. The highest BCUT2D eigenvalue weighted by atomic mass is 19.3. The molecule has 2 unspecified atom stereocenters. The number of rotatable bonds is 11. The normalized spacial score (nSPS) is 20.4. The van der Waals surface area contributed by atoms with Crippen molar-refractivity contribution in [1.82, 2.24) is 21.4 Å². The molecule has 4 N–H and O–H groups in total. The zero-order valence-corrected chi connectivity index (χ0v) is 16.9. The zero-order valence-electron chi connectivity index (χ0n) is 16.9. The van der Waals surface area contributed by atoms with Crippen molar-refractivity contribution < 1.29 is 18.7 Å². The minimum absolute atomic E-state index is 0.0376. The molecule has 1 aromatic rings. The van der Waals surface area contributed by atoms with Crippen molar-refractivity contribution in [2.75, 3.05) is 6.54 Å². The van der Waals surface area contributed by atoms with Crippen LogP contribution in [0.3, 0.4) is 0 Å². The number of aliphatic hydroxyl groups is 1. The van der Waals surface area contributed by atoms with Crippen molar-refractivity contribution in [3.05, 3.63) is 48.0 Å². The fraction of sp³-hybridized carbons (Fsp3) is 0.524. The van der Waals surface area contributed by atoms with E-state index >= 15 is 0 Å². The van der Waals surface area contributed by atoms with Crippen LogP contribution < -0.4 is 16.5 Å². The third-order valence-electron chi connectivity index (χ3n) is 5.44. The number of amides is 1. The Hall–Kier alpha value is -2.52. The van der Waals surface area contributed by atoms with Gasteiger partial charge in [-0.3, -0.25) is 10.2 Å². The number of carbonyl (C=O) groups is 1. The quantitative estimate of drug-likeness (QED) is 0.326. The van der Waals surface area contributed by atoms with Crippen molar-refractivity contribution in [3.8, 4) is 0 Å². The Kier molecular flexibility index (Phi) is 7.75. The average Bonchev–Trinajstić information content (AvgIpc) is 3.39. The average molecular weight is 421 g/mol. The number of likely N-dealkylation sites (tertiary alicyclic amines) is 1. The van der Waals surface area contributed by atoms with E-state index < -0.39 is 12.0 Å². The summed E-state index contributed by atoms with van der Waals surface area (Å²) < 4.78 is 28.9. The Labute approximate surface area is 175 Å². The molecule has 30 heavy (non-hydrogen) atoms. The molecule has 2 aliphatic rings. The van der Waals surface area contributed by atoms with Gasteiger partial charge in [0, 0.05) is 24.9 Å². The van der Waals surface area contributed by atoms with Gasteiger partial charge in [-0.05, 0) is 19.3 Å². The van der Waals surface area contributed by atoms with Crippen molar-refractivity contribution in [2.45, 2.75) is 63.0 Å². The van der Waals surface area contributed by atoms with Gasteiger partial charge in [-0.1, -0.05) is 55.3 Å². The van der Waals surface area contributed by atoms with Crippen LogP contribution in [0.15, 0.2) is 47.6 Å². The molecule has 3 rings (SSSR count). The third-order valence-corrected chi connectivity index (χ3v) is 5.44. The number of nitrogens with zero attached hydrogens (tertiary/aromatic N) is 2. The first kappa shape index (κ1) is 22.2. The minimum Gasteiger partial charge on any atom is -0.382 e. The number of carbonyl (C=O) groups excluding carboxylic acids is 1. The fourth-order valence-corrected chi connectivity index (χ4v) is 3.70. The third kappa shape index (κ3) is 5.76. The highest BCUT2D eigenvalue weighted by molar-refractivity contribution is 5.82. The molecule has 2 heterocycles. The van der Waals surface area contributed by atoms with Gasteiger partial charge in [0.05, 0.1) is 6.04 Å². The largest absolute Gasteiger partial charge is 0.382 e. The summed E-state index contributed by atoms with van der Waals surface area (Å²) in [4.78, 5) is 13.9. The van der Waals surface area contributed by atoms with Crippen LogP contribution in [-0.2, 0) is 10.7 Å². The van der Waals surface area contributed by atoms with Crippen LogP contribution >= 0.6 is 0 Å². The minimum atomic E-state index is -3.38. The number of hydrogen-bond acceptors (Lipinski definition) is 6. The Morgan fingerprint density at radius 3 is 2.73 bits per heavy atom. The summed E-state index contributed by atoms with van der Waals surface area (Å²) in [6.45, 7) is 0.599. The number of hydrazone groups is 1. The van der Waals surface area contributed by atoms with E-state index in [9.17, 15) is 18.7 Å². The molecule has 1 saturated heterocycles. The van der Waals surface area contributed by atoms with E-state index in [4.69, 9.17) is 0 Å². The molecular formula is C21H29F2N5O2. The fourth-order valence-electron chi connectivity index (χ4n) is 3.70. The van der Waals surface area contributed by atoms with Crippen LogP contribution in [0.2, 0.25) is 0 Å². The summed E-state index contributed by atoms with van der Waals surface area (Å²) in [5.74, 6) is -2.47. The standard InChI is InChI=1S/C21H29F2N5O2/c22-21(23,16-8-4-3-5-9-16)18(29)13-11-17-12-14-20(30)28(17)15-7-2-1-6-10-19-24-26-27-25-19/h3-5,8-9,11,13,17-18,26-27,29H,1-2,6-7,10,12,14-15H2,(H,24,25). The lowest BCUT2D eigenvalue weighted by molar-refractivity contribution is -0.128. The van der Waals surface area contributed by atoms with Crippen LogP contribution in [-0.4, -0.2) is 40.4 Å². The Morgan fingerprint density at radius 1 is 1.23 bits per heavy atom. The van der Waals surface area contributed by atoms with Gasteiger partial charge in [0.1, 0.15) is 11.9 Å². The summed E-state index contributed by atoms with van der Waals surface area (Å²) >= 11 is 0. The number of hydrogen-bond donors (Lipinski definition) is 4. The molecule has 0 saturated carbocycles. The van der Waals surface area contributed by atoms with Crippen LogP contribution in [0.5, 0.6) is 0 Å². The number of amidine groups is 1. The maximum Gasteiger partial charge on any atom is 0.302 e. The lowest BCUT2D eigenvalue weighted by Gasteiger charge is -2.24. The first-order valence-electron chi connectivity index (χ1n) is 10.4. The molecule has 0 radical (unpaired) electrons. The monoisotopic (exact) mass is 421 g/mol. The molecule has 1 fully saturated rings. The van der Waals surface area contributed by atoms with E-state index in [2.05, 4.69) is 21.6 Å². The summed E-state index contributed by atoms with van der Waals surface area (Å²) in [6.07, 6.45) is 6.43.